The molecule has 0 aromatic heterocycles. The quantitative estimate of drug-likeness (QED) is 0.852. The molecule has 0 amide bonds. The lowest BCUT2D eigenvalue weighted by Crippen LogP contribution is -2.17. The van der Waals surface area contributed by atoms with Crippen molar-refractivity contribution < 1.29 is 4.74 Å². The summed E-state index contributed by atoms with van der Waals surface area (Å²) in [6, 6.07) is 17.2. The summed E-state index contributed by atoms with van der Waals surface area (Å²) < 4.78 is 5.72. The van der Waals surface area contributed by atoms with Crippen LogP contribution in [-0.2, 0) is 0 Å². The smallest absolute Gasteiger partial charge is 0.119 e. The number of ether oxygens (including phenoxy) is 1. The van der Waals surface area contributed by atoms with Gasteiger partial charge in [0.2, 0.25) is 0 Å². The Kier molecular flexibility index (Phi) is 5.19. The van der Waals surface area contributed by atoms with Gasteiger partial charge in [0, 0.05) is 0 Å². The predicted octanol–water partition coefficient (Wildman–Crippen LogP) is 4.09. The van der Waals surface area contributed by atoms with Crippen LogP contribution in [0, 0.1) is 6.92 Å². The lowest BCUT2D eigenvalue weighted by atomic mass is 9.98. The summed E-state index contributed by atoms with van der Waals surface area (Å²) in [6.07, 6.45) is 1.03. The van der Waals surface area contributed by atoms with Gasteiger partial charge in [-0.2, -0.15) is 0 Å². The van der Waals surface area contributed by atoms with E-state index in [9.17, 15) is 0 Å². The first kappa shape index (κ1) is 14.6. The van der Waals surface area contributed by atoms with Gasteiger partial charge in [-0.15, -0.1) is 0 Å². The largest absolute Gasteiger partial charge is 0.494 e. The minimum Gasteiger partial charge on any atom is -0.494 e. The highest BCUT2D eigenvalue weighted by molar-refractivity contribution is 5.37. The first-order valence-electron chi connectivity index (χ1n) is 7.21. The third-order valence-electron chi connectivity index (χ3n) is 3.36. The summed E-state index contributed by atoms with van der Waals surface area (Å²) in [6.45, 7) is 4.99. The van der Waals surface area contributed by atoms with Crippen LogP contribution < -0.4 is 10.1 Å². The van der Waals surface area contributed by atoms with Crippen molar-refractivity contribution >= 4 is 0 Å². The first-order valence-corrected chi connectivity index (χ1v) is 7.21. The van der Waals surface area contributed by atoms with E-state index in [0.29, 0.717) is 0 Å². The molecule has 0 radical (unpaired) electrons. The molecular formula is C18H23NO. The van der Waals surface area contributed by atoms with Crippen molar-refractivity contribution in [2.75, 3.05) is 13.7 Å². The lowest BCUT2D eigenvalue weighted by molar-refractivity contribution is 0.317. The summed E-state index contributed by atoms with van der Waals surface area (Å²) in [5.74, 6) is 0.941. The molecule has 0 bridgehead atoms. The van der Waals surface area contributed by atoms with Crippen molar-refractivity contribution in [3.63, 3.8) is 0 Å². The van der Waals surface area contributed by atoms with Crippen LogP contribution in [0.5, 0.6) is 5.75 Å². The van der Waals surface area contributed by atoms with E-state index < -0.39 is 0 Å². The molecule has 0 saturated carbocycles. The van der Waals surface area contributed by atoms with Crippen molar-refractivity contribution in [3.05, 3.63) is 65.2 Å². The molecule has 0 aliphatic rings. The Morgan fingerprint density at radius 1 is 1.05 bits per heavy atom. The van der Waals surface area contributed by atoms with E-state index >= 15 is 0 Å². The molecule has 2 aromatic rings. The highest BCUT2D eigenvalue weighted by Crippen LogP contribution is 2.25. The van der Waals surface area contributed by atoms with Crippen molar-refractivity contribution in [3.8, 4) is 5.75 Å². The molecular weight excluding hydrogens is 246 g/mol. The summed E-state index contributed by atoms with van der Waals surface area (Å²) in [4.78, 5) is 0. The van der Waals surface area contributed by atoms with Gasteiger partial charge in [-0.25, -0.2) is 0 Å². The summed E-state index contributed by atoms with van der Waals surface area (Å²) in [7, 11) is 1.99. The average molecular weight is 269 g/mol. The molecule has 1 N–H and O–H groups in total. The zero-order valence-electron chi connectivity index (χ0n) is 12.5. The van der Waals surface area contributed by atoms with E-state index in [1.807, 2.05) is 13.1 Å². The van der Waals surface area contributed by atoms with Crippen LogP contribution in [0.25, 0.3) is 0 Å². The molecule has 0 heterocycles. The Balaban J connectivity index is 2.24. The molecule has 2 nitrogen and oxygen atoms in total. The van der Waals surface area contributed by atoms with Crippen LogP contribution in [0.1, 0.15) is 36.1 Å². The number of benzene rings is 2. The van der Waals surface area contributed by atoms with Crippen molar-refractivity contribution in [1.82, 2.24) is 5.32 Å². The second-order valence-electron chi connectivity index (χ2n) is 5.05. The number of rotatable bonds is 6. The van der Waals surface area contributed by atoms with E-state index in [1.54, 1.807) is 0 Å². The molecule has 2 aromatic carbocycles. The van der Waals surface area contributed by atoms with Gasteiger partial charge in [0.25, 0.3) is 0 Å². The molecule has 0 aliphatic heterocycles. The third-order valence-corrected chi connectivity index (χ3v) is 3.36. The van der Waals surface area contributed by atoms with Crippen molar-refractivity contribution in [2.24, 2.45) is 0 Å². The maximum atomic E-state index is 5.72. The molecule has 0 saturated heterocycles. The molecule has 0 aliphatic carbocycles. The van der Waals surface area contributed by atoms with Gasteiger partial charge in [-0.05, 0) is 43.7 Å². The van der Waals surface area contributed by atoms with E-state index in [1.165, 1.54) is 16.7 Å². The van der Waals surface area contributed by atoms with Crippen molar-refractivity contribution in [2.45, 2.75) is 26.3 Å². The van der Waals surface area contributed by atoms with E-state index in [0.717, 1.165) is 18.8 Å². The molecule has 1 atom stereocenters. The van der Waals surface area contributed by atoms with Gasteiger partial charge < -0.3 is 10.1 Å². The average Bonchev–Trinajstić information content (AvgIpc) is 2.48. The SMILES string of the molecule is CCCOc1cccc(C(NC)c2ccc(C)cc2)c1. The third kappa shape index (κ3) is 3.61. The van der Waals surface area contributed by atoms with E-state index in [2.05, 4.69) is 61.6 Å². The number of hydrogen-bond acceptors (Lipinski definition) is 2. The van der Waals surface area contributed by atoms with Gasteiger partial charge in [-0.3, -0.25) is 0 Å². The Morgan fingerprint density at radius 3 is 2.45 bits per heavy atom. The van der Waals surface area contributed by atoms with Gasteiger partial charge in [0.15, 0.2) is 0 Å². The molecule has 2 rings (SSSR count). The topological polar surface area (TPSA) is 21.3 Å². The fourth-order valence-electron chi connectivity index (χ4n) is 2.29. The predicted molar refractivity (Wildman–Crippen MR) is 84.3 cm³/mol. The highest BCUT2D eigenvalue weighted by atomic mass is 16.5. The second-order valence-corrected chi connectivity index (χ2v) is 5.05. The maximum absolute atomic E-state index is 5.72. The molecule has 2 heteroatoms. The van der Waals surface area contributed by atoms with Gasteiger partial charge in [0.05, 0.1) is 12.6 Å². The minimum absolute atomic E-state index is 0.195. The molecule has 106 valence electrons. The number of nitrogens with one attached hydrogen (secondary N) is 1. The standard InChI is InChI=1S/C18H23NO/c1-4-12-20-17-7-5-6-16(13-17)18(19-3)15-10-8-14(2)9-11-15/h5-11,13,18-19H,4,12H2,1-3H3. The Bertz CT molecular complexity index is 533. The molecule has 20 heavy (non-hydrogen) atoms. The van der Waals surface area contributed by atoms with Crippen LogP contribution in [0.15, 0.2) is 48.5 Å². The van der Waals surface area contributed by atoms with Gasteiger partial charge in [0.1, 0.15) is 5.75 Å². The van der Waals surface area contributed by atoms with E-state index in [-0.39, 0.29) is 6.04 Å². The Hall–Kier alpha value is -1.80. The highest BCUT2D eigenvalue weighted by Gasteiger charge is 2.12. The van der Waals surface area contributed by atoms with Gasteiger partial charge in [-0.1, -0.05) is 48.9 Å². The summed E-state index contributed by atoms with van der Waals surface area (Å²) in [5, 5.41) is 3.38. The lowest BCUT2D eigenvalue weighted by Gasteiger charge is -2.18. The minimum atomic E-state index is 0.195. The second kappa shape index (κ2) is 7.11. The Morgan fingerprint density at radius 2 is 1.80 bits per heavy atom. The number of aryl methyl sites for hydroxylation is 1. The number of hydrogen-bond donors (Lipinski definition) is 1. The van der Waals surface area contributed by atoms with Crippen LogP contribution in [0.2, 0.25) is 0 Å². The normalized spacial score (nSPS) is 12.2. The van der Waals surface area contributed by atoms with Crippen molar-refractivity contribution in [1.29, 1.82) is 0 Å². The van der Waals surface area contributed by atoms with Crippen LogP contribution in [-0.4, -0.2) is 13.7 Å². The zero-order valence-corrected chi connectivity index (χ0v) is 12.5. The first-order chi connectivity index (χ1) is 9.74. The fourth-order valence-corrected chi connectivity index (χ4v) is 2.29. The summed E-state index contributed by atoms with van der Waals surface area (Å²) in [5.41, 5.74) is 3.78. The Labute approximate surface area is 121 Å². The molecule has 0 spiro atoms. The maximum Gasteiger partial charge on any atom is 0.119 e. The van der Waals surface area contributed by atoms with Gasteiger partial charge >= 0.3 is 0 Å². The molecule has 0 fully saturated rings. The fraction of sp³-hybridized carbons (Fsp3) is 0.333. The van der Waals surface area contributed by atoms with E-state index in [4.69, 9.17) is 4.74 Å². The monoisotopic (exact) mass is 269 g/mol. The van der Waals surface area contributed by atoms with Crippen LogP contribution in [0.3, 0.4) is 0 Å². The van der Waals surface area contributed by atoms with Crippen LogP contribution >= 0.6 is 0 Å². The van der Waals surface area contributed by atoms with Crippen LogP contribution in [0.4, 0.5) is 0 Å². The summed E-state index contributed by atoms with van der Waals surface area (Å²) >= 11 is 0. The molecule has 1 unspecified atom stereocenters. The zero-order chi connectivity index (χ0) is 14.4.